The Bertz CT molecular complexity index is 346. The predicted octanol–water partition coefficient (Wildman–Crippen LogP) is 2.30. The molecule has 1 heterocycles. The van der Waals surface area contributed by atoms with Gasteiger partial charge in [-0.2, -0.15) is 4.98 Å². The van der Waals surface area contributed by atoms with E-state index < -0.39 is 0 Å². The van der Waals surface area contributed by atoms with Crippen LogP contribution in [0, 0.1) is 5.41 Å². The Kier molecular flexibility index (Phi) is 3.28. The van der Waals surface area contributed by atoms with E-state index in [9.17, 15) is 0 Å². The van der Waals surface area contributed by atoms with Crippen LogP contribution in [0.2, 0.25) is 0 Å². The van der Waals surface area contributed by atoms with Crippen LogP contribution in [0.15, 0.2) is 4.52 Å². The van der Waals surface area contributed by atoms with Gasteiger partial charge in [0.2, 0.25) is 5.89 Å². The number of nitrogens with one attached hydrogen (secondary N) is 1. The molecule has 1 N–H and O–H groups in total. The molecule has 2 rings (SSSR count). The molecule has 1 aromatic rings. The van der Waals surface area contributed by atoms with E-state index in [1.807, 2.05) is 6.92 Å². The van der Waals surface area contributed by atoms with E-state index >= 15 is 0 Å². The molecule has 0 amide bonds. The average Bonchev–Trinajstić information content (AvgIpc) is 2.81. The summed E-state index contributed by atoms with van der Waals surface area (Å²) < 4.78 is 5.08. The van der Waals surface area contributed by atoms with Crippen LogP contribution in [-0.4, -0.2) is 16.2 Å². The first-order valence-electron chi connectivity index (χ1n) is 6.16. The van der Waals surface area contributed by atoms with Crippen molar-refractivity contribution in [2.45, 2.75) is 59.0 Å². The molecule has 90 valence electrons. The fraction of sp³-hybridized carbons (Fsp3) is 0.833. The standard InChI is InChI=1S/C12H21N3O/c1-4-11-14-10(15-16-11)8-13-9-6-5-7-12(9,2)3/h9,13H,4-8H2,1-3H3/t9-/m1/s1. The van der Waals surface area contributed by atoms with E-state index in [2.05, 4.69) is 29.3 Å². The van der Waals surface area contributed by atoms with E-state index in [0.717, 1.165) is 24.7 Å². The minimum atomic E-state index is 0.400. The van der Waals surface area contributed by atoms with Crippen LogP contribution in [0.25, 0.3) is 0 Å². The lowest BCUT2D eigenvalue weighted by molar-refractivity contribution is 0.279. The van der Waals surface area contributed by atoms with Crippen LogP contribution in [0.1, 0.15) is 51.7 Å². The lowest BCUT2D eigenvalue weighted by atomic mass is 9.87. The van der Waals surface area contributed by atoms with Crippen molar-refractivity contribution in [2.24, 2.45) is 5.41 Å². The smallest absolute Gasteiger partial charge is 0.226 e. The van der Waals surface area contributed by atoms with Gasteiger partial charge in [0.25, 0.3) is 0 Å². The Balaban J connectivity index is 1.87. The minimum Gasteiger partial charge on any atom is -0.339 e. The lowest BCUT2D eigenvalue weighted by Gasteiger charge is -2.27. The number of rotatable bonds is 4. The Morgan fingerprint density at radius 2 is 2.31 bits per heavy atom. The molecule has 1 aliphatic carbocycles. The highest BCUT2D eigenvalue weighted by Gasteiger charge is 2.33. The van der Waals surface area contributed by atoms with Gasteiger partial charge in [-0.15, -0.1) is 0 Å². The first-order chi connectivity index (χ1) is 7.62. The fourth-order valence-electron chi connectivity index (χ4n) is 2.43. The largest absolute Gasteiger partial charge is 0.339 e. The molecule has 16 heavy (non-hydrogen) atoms. The van der Waals surface area contributed by atoms with Gasteiger partial charge in [-0.1, -0.05) is 32.3 Å². The number of aromatic nitrogens is 2. The zero-order valence-corrected chi connectivity index (χ0v) is 10.4. The molecule has 4 nitrogen and oxygen atoms in total. The number of nitrogens with zero attached hydrogens (tertiary/aromatic N) is 2. The quantitative estimate of drug-likeness (QED) is 0.851. The van der Waals surface area contributed by atoms with Crippen LogP contribution in [0.5, 0.6) is 0 Å². The van der Waals surface area contributed by atoms with Crippen molar-refractivity contribution in [3.8, 4) is 0 Å². The SMILES string of the molecule is CCc1nc(CN[C@@H]2CCCC2(C)C)no1. The molecule has 0 unspecified atom stereocenters. The fourth-order valence-corrected chi connectivity index (χ4v) is 2.43. The highest BCUT2D eigenvalue weighted by atomic mass is 16.5. The first kappa shape index (κ1) is 11.6. The summed E-state index contributed by atoms with van der Waals surface area (Å²) in [6, 6.07) is 0.580. The lowest BCUT2D eigenvalue weighted by Crippen LogP contribution is -2.37. The summed E-state index contributed by atoms with van der Waals surface area (Å²) in [5.74, 6) is 1.50. The van der Waals surface area contributed by atoms with Gasteiger partial charge in [-0.05, 0) is 18.3 Å². The molecule has 0 bridgehead atoms. The van der Waals surface area contributed by atoms with Gasteiger partial charge in [0.15, 0.2) is 5.82 Å². The number of aryl methyl sites for hydroxylation is 1. The normalized spacial score (nSPS) is 23.8. The second-order valence-corrected chi connectivity index (χ2v) is 5.27. The van der Waals surface area contributed by atoms with E-state index in [1.165, 1.54) is 19.3 Å². The highest BCUT2D eigenvalue weighted by molar-refractivity contribution is 4.92. The third-order valence-electron chi connectivity index (χ3n) is 3.58. The third-order valence-corrected chi connectivity index (χ3v) is 3.58. The molecule has 4 heteroatoms. The van der Waals surface area contributed by atoms with Crippen molar-refractivity contribution >= 4 is 0 Å². The molecule has 0 spiro atoms. The summed E-state index contributed by atoms with van der Waals surface area (Å²) in [6.07, 6.45) is 4.68. The molecular formula is C12H21N3O. The van der Waals surface area contributed by atoms with Crippen molar-refractivity contribution in [2.75, 3.05) is 0 Å². The summed E-state index contributed by atoms with van der Waals surface area (Å²) in [5, 5.41) is 7.49. The Labute approximate surface area is 96.8 Å². The van der Waals surface area contributed by atoms with Crippen LogP contribution >= 0.6 is 0 Å². The summed E-state index contributed by atoms with van der Waals surface area (Å²) in [7, 11) is 0. The molecule has 1 aromatic heterocycles. The molecule has 0 aromatic carbocycles. The highest BCUT2D eigenvalue weighted by Crippen LogP contribution is 2.37. The predicted molar refractivity (Wildman–Crippen MR) is 61.9 cm³/mol. The van der Waals surface area contributed by atoms with Crippen LogP contribution in [0.3, 0.4) is 0 Å². The number of hydrogen-bond acceptors (Lipinski definition) is 4. The van der Waals surface area contributed by atoms with Crippen LogP contribution in [0.4, 0.5) is 0 Å². The summed E-state index contributed by atoms with van der Waals surface area (Å²) >= 11 is 0. The molecule has 0 aliphatic heterocycles. The van der Waals surface area contributed by atoms with Gasteiger partial charge in [-0.25, -0.2) is 0 Å². The monoisotopic (exact) mass is 223 g/mol. The van der Waals surface area contributed by atoms with Gasteiger partial charge in [0.05, 0.1) is 6.54 Å². The average molecular weight is 223 g/mol. The van der Waals surface area contributed by atoms with Gasteiger partial charge >= 0.3 is 0 Å². The zero-order chi connectivity index (χ0) is 11.6. The summed E-state index contributed by atoms with van der Waals surface area (Å²) in [6.45, 7) is 7.39. The molecule has 1 saturated carbocycles. The summed E-state index contributed by atoms with van der Waals surface area (Å²) in [5.41, 5.74) is 0.400. The summed E-state index contributed by atoms with van der Waals surface area (Å²) in [4.78, 5) is 4.30. The van der Waals surface area contributed by atoms with Gasteiger partial charge in [0.1, 0.15) is 0 Å². The van der Waals surface area contributed by atoms with Crippen molar-refractivity contribution in [1.29, 1.82) is 0 Å². The Morgan fingerprint density at radius 1 is 1.50 bits per heavy atom. The Morgan fingerprint density at radius 3 is 2.88 bits per heavy atom. The molecule has 1 aliphatic rings. The molecule has 0 saturated heterocycles. The maximum absolute atomic E-state index is 5.08. The van der Waals surface area contributed by atoms with Crippen molar-refractivity contribution in [3.05, 3.63) is 11.7 Å². The van der Waals surface area contributed by atoms with Crippen molar-refractivity contribution in [1.82, 2.24) is 15.5 Å². The van der Waals surface area contributed by atoms with E-state index in [0.29, 0.717) is 11.5 Å². The number of hydrogen-bond donors (Lipinski definition) is 1. The molecule has 0 radical (unpaired) electrons. The van der Waals surface area contributed by atoms with E-state index in [4.69, 9.17) is 4.52 Å². The zero-order valence-electron chi connectivity index (χ0n) is 10.4. The second-order valence-electron chi connectivity index (χ2n) is 5.27. The Hall–Kier alpha value is -0.900. The molecular weight excluding hydrogens is 202 g/mol. The topological polar surface area (TPSA) is 51.0 Å². The second kappa shape index (κ2) is 4.53. The minimum absolute atomic E-state index is 0.400. The van der Waals surface area contributed by atoms with Gasteiger partial charge in [0, 0.05) is 12.5 Å². The first-order valence-corrected chi connectivity index (χ1v) is 6.16. The van der Waals surface area contributed by atoms with Gasteiger partial charge in [-0.3, -0.25) is 0 Å². The van der Waals surface area contributed by atoms with Crippen LogP contribution in [-0.2, 0) is 13.0 Å². The molecule has 1 fully saturated rings. The van der Waals surface area contributed by atoms with E-state index in [1.54, 1.807) is 0 Å². The van der Waals surface area contributed by atoms with E-state index in [-0.39, 0.29) is 0 Å². The maximum Gasteiger partial charge on any atom is 0.226 e. The van der Waals surface area contributed by atoms with Crippen molar-refractivity contribution < 1.29 is 4.52 Å². The van der Waals surface area contributed by atoms with Crippen molar-refractivity contribution in [3.63, 3.8) is 0 Å². The third kappa shape index (κ3) is 2.43. The van der Waals surface area contributed by atoms with Crippen LogP contribution < -0.4 is 5.32 Å². The molecule has 1 atom stereocenters. The maximum atomic E-state index is 5.08. The van der Waals surface area contributed by atoms with Gasteiger partial charge < -0.3 is 9.84 Å².